The van der Waals surface area contributed by atoms with Gasteiger partial charge in [0.25, 0.3) is 5.91 Å². The summed E-state index contributed by atoms with van der Waals surface area (Å²) in [7, 11) is 0. The largest absolute Gasteiger partial charge is 0.490 e. The molecule has 6 nitrogen and oxygen atoms in total. The van der Waals surface area contributed by atoms with Crippen LogP contribution >= 0.6 is 0 Å². The molecule has 6 heteroatoms. The lowest BCUT2D eigenvalue weighted by molar-refractivity contribution is -0.112. The lowest BCUT2D eigenvalue weighted by atomic mass is 10.1. The van der Waals surface area contributed by atoms with E-state index >= 15 is 0 Å². The minimum atomic E-state index is -0.506. The SMILES string of the molecule is CC(C)Oc1ccccc1/C=C(\C#N)C(=O)Nc1ccc2c(c1)OCCO2. The Kier molecular flexibility index (Phi) is 5.62. The van der Waals surface area contributed by atoms with Gasteiger partial charge in [-0.2, -0.15) is 5.26 Å². The molecule has 1 aliphatic rings. The molecule has 0 atom stereocenters. The number of rotatable bonds is 5. The van der Waals surface area contributed by atoms with E-state index in [1.165, 1.54) is 6.08 Å². The van der Waals surface area contributed by atoms with Gasteiger partial charge in [0.15, 0.2) is 11.5 Å². The Morgan fingerprint density at radius 3 is 2.67 bits per heavy atom. The number of carbonyl (C=O) groups is 1. The van der Waals surface area contributed by atoms with E-state index < -0.39 is 5.91 Å². The molecule has 0 bridgehead atoms. The van der Waals surface area contributed by atoms with E-state index in [4.69, 9.17) is 14.2 Å². The van der Waals surface area contributed by atoms with E-state index in [0.717, 1.165) is 0 Å². The predicted molar refractivity (Wildman–Crippen MR) is 102 cm³/mol. The average molecular weight is 364 g/mol. The lowest BCUT2D eigenvalue weighted by Crippen LogP contribution is -2.17. The minimum absolute atomic E-state index is 0.0170. The maximum Gasteiger partial charge on any atom is 0.266 e. The predicted octanol–water partition coefficient (Wildman–Crippen LogP) is 3.79. The van der Waals surface area contributed by atoms with Crippen LogP contribution in [0.1, 0.15) is 19.4 Å². The quantitative estimate of drug-likeness (QED) is 0.645. The highest BCUT2D eigenvalue weighted by Gasteiger charge is 2.15. The van der Waals surface area contributed by atoms with Crippen molar-refractivity contribution in [3.05, 3.63) is 53.6 Å². The summed E-state index contributed by atoms with van der Waals surface area (Å²) >= 11 is 0. The van der Waals surface area contributed by atoms with E-state index in [0.29, 0.717) is 41.7 Å². The normalized spacial score (nSPS) is 13.0. The van der Waals surface area contributed by atoms with Crippen LogP contribution < -0.4 is 19.5 Å². The summed E-state index contributed by atoms with van der Waals surface area (Å²) in [4.78, 5) is 12.5. The number of fused-ring (bicyclic) bond motifs is 1. The molecule has 0 saturated heterocycles. The zero-order valence-electron chi connectivity index (χ0n) is 15.2. The summed E-state index contributed by atoms with van der Waals surface area (Å²) < 4.78 is 16.7. The highest BCUT2D eigenvalue weighted by atomic mass is 16.6. The van der Waals surface area contributed by atoms with Crippen LogP contribution in [-0.2, 0) is 4.79 Å². The van der Waals surface area contributed by atoms with Gasteiger partial charge in [-0.3, -0.25) is 4.79 Å². The molecule has 1 amide bonds. The smallest absolute Gasteiger partial charge is 0.266 e. The molecule has 1 aliphatic heterocycles. The monoisotopic (exact) mass is 364 g/mol. The number of amides is 1. The summed E-state index contributed by atoms with van der Waals surface area (Å²) in [5.74, 6) is 1.31. The molecular weight excluding hydrogens is 344 g/mol. The molecule has 0 radical (unpaired) electrons. The Bertz CT molecular complexity index is 913. The Labute approximate surface area is 158 Å². The maximum absolute atomic E-state index is 12.5. The van der Waals surface area contributed by atoms with Crippen molar-refractivity contribution in [2.24, 2.45) is 0 Å². The number of nitrogens with zero attached hydrogens (tertiary/aromatic N) is 1. The van der Waals surface area contributed by atoms with E-state index in [1.807, 2.05) is 32.0 Å². The fourth-order valence-corrected chi connectivity index (χ4v) is 2.58. The second-order valence-electron chi connectivity index (χ2n) is 6.19. The maximum atomic E-state index is 12.5. The molecule has 2 aromatic rings. The Balaban J connectivity index is 1.81. The summed E-state index contributed by atoms with van der Waals surface area (Å²) in [5, 5.41) is 12.2. The number of nitriles is 1. The number of hydrogen-bond acceptors (Lipinski definition) is 5. The van der Waals surface area contributed by atoms with Gasteiger partial charge in [0.05, 0.1) is 6.10 Å². The Morgan fingerprint density at radius 1 is 1.19 bits per heavy atom. The van der Waals surface area contributed by atoms with Gasteiger partial charge in [-0.1, -0.05) is 18.2 Å². The first-order valence-corrected chi connectivity index (χ1v) is 8.65. The first-order valence-electron chi connectivity index (χ1n) is 8.65. The van der Waals surface area contributed by atoms with Crippen molar-refractivity contribution in [1.29, 1.82) is 5.26 Å². The standard InChI is InChI=1S/C21H20N2O4/c1-14(2)27-18-6-4-3-5-15(18)11-16(13-22)21(24)23-17-7-8-19-20(12-17)26-10-9-25-19/h3-8,11-12,14H,9-10H2,1-2H3,(H,23,24)/b16-11+. The lowest BCUT2D eigenvalue weighted by Gasteiger charge is -2.19. The zero-order chi connectivity index (χ0) is 19.2. The summed E-state index contributed by atoms with van der Waals surface area (Å²) in [6, 6.07) is 14.3. The number of nitrogens with one attached hydrogen (secondary N) is 1. The summed E-state index contributed by atoms with van der Waals surface area (Å²) in [6.07, 6.45) is 1.50. The van der Waals surface area contributed by atoms with Gasteiger partial charge in [0, 0.05) is 17.3 Å². The molecule has 0 aliphatic carbocycles. The summed E-state index contributed by atoms with van der Waals surface area (Å²) in [5.41, 5.74) is 1.17. The number of anilines is 1. The highest BCUT2D eigenvalue weighted by molar-refractivity contribution is 6.10. The van der Waals surface area contributed by atoms with Crippen molar-refractivity contribution in [2.45, 2.75) is 20.0 Å². The van der Waals surface area contributed by atoms with E-state index in [9.17, 15) is 10.1 Å². The average Bonchev–Trinajstić information content (AvgIpc) is 2.66. The topological polar surface area (TPSA) is 80.6 Å². The first kappa shape index (κ1) is 18.3. The van der Waals surface area contributed by atoms with Gasteiger partial charge in [-0.25, -0.2) is 0 Å². The van der Waals surface area contributed by atoms with Crippen molar-refractivity contribution in [3.8, 4) is 23.3 Å². The molecule has 138 valence electrons. The van der Waals surface area contributed by atoms with Crippen LogP contribution in [0.2, 0.25) is 0 Å². The van der Waals surface area contributed by atoms with Crippen LogP contribution in [0.3, 0.4) is 0 Å². The first-order chi connectivity index (χ1) is 13.1. The van der Waals surface area contributed by atoms with Crippen LogP contribution in [-0.4, -0.2) is 25.2 Å². The van der Waals surface area contributed by atoms with Crippen LogP contribution in [0, 0.1) is 11.3 Å². The molecule has 3 rings (SSSR count). The molecule has 0 saturated carbocycles. The van der Waals surface area contributed by atoms with Crippen molar-refractivity contribution < 1.29 is 19.0 Å². The van der Waals surface area contributed by atoms with E-state index in [1.54, 1.807) is 30.3 Å². The summed E-state index contributed by atoms with van der Waals surface area (Å²) in [6.45, 7) is 4.79. The van der Waals surface area contributed by atoms with Gasteiger partial charge >= 0.3 is 0 Å². The van der Waals surface area contributed by atoms with Crippen molar-refractivity contribution in [2.75, 3.05) is 18.5 Å². The minimum Gasteiger partial charge on any atom is -0.490 e. The van der Waals surface area contributed by atoms with Gasteiger partial charge in [-0.05, 0) is 38.1 Å². The second-order valence-corrected chi connectivity index (χ2v) is 6.19. The fraction of sp³-hybridized carbons (Fsp3) is 0.238. The highest BCUT2D eigenvalue weighted by Crippen LogP contribution is 2.32. The van der Waals surface area contributed by atoms with E-state index in [-0.39, 0.29) is 11.7 Å². The van der Waals surface area contributed by atoms with Crippen LogP contribution in [0.5, 0.6) is 17.2 Å². The third-order valence-corrected chi connectivity index (χ3v) is 3.75. The number of carbonyl (C=O) groups excluding carboxylic acids is 1. The molecule has 0 unspecified atom stereocenters. The third kappa shape index (κ3) is 4.59. The molecule has 1 N–H and O–H groups in total. The number of benzene rings is 2. The van der Waals surface area contributed by atoms with Crippen molar-refractivity contribution in [3.63, 3.8) is 0 Å². The van der Waals surface area contributed by atoms with Crippen LogP contribution in [0.25, 0.3) is 6.08 Å². The van der Waals surface area contributed by atoms with E-state index in [2.05, 4.69) is 5.32 Å². The molecule has 0 aromatic heterocycles. The Morgan fingerprint density at radius 2 is 1.93 bits per heavy atom. The number of ether oxygens (including phenoxy) is 3. The molecule has 0 spiro atoms. The van der Waals surface area contributed by atoms with Crippen LogP contribution in [0.4, 0.5) is 5.69 Å². The molecule has 1 heterocycles. The fourth-order valence-electron chi connectivity index (χ4n) is 2.58. The zero-order valence-corrected chi connectivity index (χ0v) is 15.2. The van der Waals surface area contributed by atoms with Gasteiger partial charge in [0.1, 0.15) is 30.6 Å². The molecule has 0 fully saturated rings. The number of hydrogen-bond donors (Lipinski definition) is 1. The van der Waals surface area contributed by atoms with Gasteiger partial charge in [0.2, 0.25) is 0 Å². The van der Waals surface area contributed by atoms with Gasteiger partial charge in [-0.15, -0.1) is 0 Å². The number of para-hydroxylation sites is 1. The van der Waals surface area contributed by atoms with Crippen LogP contribution in [0.15, 0.2) is 48.0 Å². The molecule has 2 aromatic carbocycles. The van der Waals surface area contributed by atoms with Crippen molar-refractivity contribution in [1.82, 2.24) is 0 Å². The van der Waals surface area contributed by atoms with Crippen molar-refractivity contribution >= 4 is 17.7 Å². The molecule has 27 heavy (non-hydrogen) atoms. The van der Waals surface area contributed by atoms with Gasteiger partial charge < -0.3 is 19.5 Å². The third-order valence-electron chi connectivity index (χ3n) is 3.75. The second kappa shape index (κ2) is 8.28. The Hall–Kier alpha value is -3.46. The molecular formula is C21H20N2O4.